The van der Waals surface area contributed by atoms with Gasteiger partial charge in [-0.1, -0.05) is 6.07 Å². The van der Waals surface area contributed by atoms with Crippen LogP contribution in [0.25, 0.3) is 4.96 Å². The van der Waals surface area contributed by atoms with E-state index in [2.05, 4.69) is 14.7 Å². The number of benzene rings is 1. The number of carbonyl (C=O) groups is 1. The molecule has 25 heavy (non-hydrogen) atoms. The average Bonchev–Trinajstić information content (AvgIpc) is 3.15. The zero-order valence-electron chi connectivity index (χ0n) is 13.9. The number of hydrogen-bond acceptors (Lipinski definition) is 5. The van der Waals surface area contributed by atoms with Crippen molar-refractivity contribution in [2.24, 2.45) is 0 Å². The number of hydrogen-bond donors (Lipinski definition) is 2. The zero-order valence-corrected chi connectivity index (χ0v) is 14.7. The number of aliphatic hydroxyl groups is 1. The number of thiazole rings is 1. The van der Waals surface area contributed by atoms with Crippen LogP contribution in [0.5, 0.6) is 5.75 Å². The molecule has 1 amide bonds. The van der Waals surface area contributed by atoms with Gasteiger partial charge in [-0.2, -0.15) is 0 Å². The Morgan fingerprint density at radius 2 is 2.36 bits per heavy atom. The summed E-state index contributed by atoms with van der Waals surface area (Å²) in [6.45, 7) is 2.80. The number of nitrogens with one attached hydrogen (secondary N) is 1. The number of aliphatic hydroxyl groups excluding tert-OH is 1. The molecule has 2 N–H and O–H groups in total. The Morgan fingerprint density at radius 1 is 1.48 bits per heavy atom. The van der Waals surface area contributed by atoms with E-state index in [-0.39, 0.29) is 18.4 Å². The fourth-order valence-electron chi connectivity index (χ4n) is 3.40. The van der Waals surface area contributed by atoms with Gasteiger partial charge < -0.3 is 15.2 Å². The fourth-order valence-corrected chi connectivity index (χ4v) is 4.14. The Bertz CT molecular complexity index is 931. The van der Waals surface area contributed by atoms with Crippen LogP contribution in [0.4, 0.5) is 0 Å². The van der Waals surface area contributed by atoms with Gasteiger partial charge in [0.15, 0.2) is 4.96 Å². The largest absolute Gasteiger partial charge is 0.494 e. The Balaban J connectivity index is 1.84. The third-order valence-electron chi connectivity index (χ3n) is 4.50. The molecular weight excluding hydrogens is 338 g/mol. The van der Waals surface area contributed by atoms with Gasteiger partial charge in [0.2, 0.25) is 5.91 Å². The van der Waals surface area contributed by atoms with Gasteiger partial charge in [-0.05, 0) is 24.6 Å². The van der Waals surface area contributed by atoms with Crippen molar-refractivity contribution in [3.63, 3.8) is 0 Å². The molecule has 1 aromatic carbocycles. The SMILES string of the molecule is CCOc1ccc([C@H]2CC(=O)NCc3nc4sccn4c32)cc1CO. The number of imidazole rings is 1. The number of rotatable bonds is 4. The van der Waals surface area contributed by atoms with Crippen LogP contribution in [0.2, 0.25) is 0 Å². The topological polar surface area (TPSA) is 75.9 Å². The third-order valence-corrected chi connectivity index (χ3v) is 5.26. The number of ether oxygens (including phenoxy) is 1. The van der Waals surface area contributed by atoms with Crippen LogP contribution in [0, 0.1) is 0 Å². The summed E-state index contributed by atoms with van der Waals surface area (Å²) in [6.07, 6.45) is 2.35. The third kappa shape index (κ3) is 2.79. The highest BCUT2D eigenvalue weighted by Gasteiger charge is 2.29. The molecule has 1 atom stereocenters. The molecule has 0 saturated heterocycles. The van der Waals surface area contributed by atoms with Gasteiger partial charge in [0, 0.05) is 29.5 Å². The van der Waals surface area contributed by atoms with E-state index in [1.165, 1.54) is 0 Å². The van der Waals surface area contributed by atoms with Crippen molar-refractivity contribution in [3.8, 4) is 5.75 Å². The van der Waals surface area contributed by atoms with Crippen LogP contribution >= 0.6 is 11.3 Å². The van der Waals surface area contributed by atoms with E-state index < -0.39 is 0 Å². The first-order valence-electron chi connectivity index (χ1n) is 8.28. The standard InChI is InChI=1S/C18H19N3O3S/c1-2-24-15-4-3-11(7-12(15)10-22)13-8-16(23)19-9-14-17(13)21-5-6-25-18(21)20-14/h3-7,13,22H,2,8-10H2,1H3,(H,19,23)/t13-/m1/s1. The molecule has 0 radical (unpaired) electrons. The first kappa shape index (κ1) is 16.1. The minimum atomic E-state index is -0.108. The second-order valence-corrected chi connectivity index (χ2v) is 6.86. The fraction of sp³-hybridized carbons (Fsp3) is 0.333. The van der Waals surface area contributed by atoms with Crippen molar-refractivity contribution in [1.82, 2.24) is 14.7 Å². The van der Waals surface area contributed by atoms with Gasteiger partial charge in [-0.3, -0.25) is 9.20 Å². The molecule has 7 heteroatoms. The van der Waals surface area contributed by atoms with Crippen molar-refractivity contribution in [2.75, 3.05) is 6.61 Å². The quantitative estimate of drug-likeness (QED) is 0.752. The van der Waals surface area contributed by atoms with E-state index in [9.17, 15) is 9.90 Å². The number of carbonyl (C=O) groups excluding carboxylic acids is 1. The van der Waals surface area contributed by atoms with Gasteiger partial charge in [0.05, 0.1) is 31.1 Å². The lowest BCUT2D eigenvalue weighted by Crippen LogP contribution is -2.21. The lowest BCUT2D eigenvalue weighted by Gasteiger charge is -2.17. The molecule has 0 aliphatic carbocycles. The summed E-state index contributed by atoms with van der Waals surface area (Å²) in [5.74, 6) is 0.579. The number of nitrogens with zero attached hydrogens (tertiary/aromatic N) is 2. The maximum absolute atomic E-state index is 12.2. The molecule has 130 valence electrons. The molecule has 3 aromatic rings. The molecule has 1 aliphatic rings. The minimum Gasteiger partial charge on any atom is -0.494 e. The summed E-state index contributed by atoms with van der Waals surface area (Å²) < 4.78 is 7.64. The highest BCUT2D eigenvalue weighted by Crippen LogP contribution is 2.36. The first-order chi connectivity index (χ1) is 12.2. The van der Waals surface area contributed by atoms with Gasteiger partial charge in [0.1, 0.15) is 5.75 Å². The highest BCUT2D eigenvalue weighted by molar-refractivity contribution is 7.15. The lowest BCUT2D eigenvalue weighted by molar-refractivity contribution is -0.121. The van der Waals surface area contributed by atoms with E-state index in [1.807, 2.05) is 36.7 Å². The monoisotopic (exact) mass is 357 g/mol. The Kier molecular flexibility index (Phi) is 4.19. The van der Waals surface area contributed by atoms with E-state index in [0.717, 1.165) is 27.5 Å². The van der Waals surface area contributed by atoms with Crippen molar-refractivity contribution in [1.29, 1.82) is 0 Å². The van der Waals surface area contributed by atoms with Crippen molar-refractivity contribution in [2.45, 2.75) is 32.4 Å². The average molecular weight is 357 g/mol. The summed E-state index contributed by atoms with van der Waals surface area (Å²) in [7, 11) is 0. The molecule has 3 heterocycles. The normalized spacial score (nSPS) is 17.2. The Labute approximate surface area is 149 Å². The molecule has 0 bridgehead atoms. The van der Waals surface area contributed by atoms with E-state index in [4.69, 9.17) is 4.74 Å². The molecule has 2 aromatic heterocycles. The molecule has 0 saturated carbocycles. The van der Waals surface area contributed by atoms with Gasteiger partial charge in [0.25, 0.3) is 0 Å². The van der Waals surface area contributed by atoms with Crippen molar-refractivity contribution in [3.05, 3.63) is 52.3 Å². The number of amides is 1. The number of aromatic nitrogens is 2. The van der Waals surface area contributed by atoms with Crippen LogP contribution in [0.3, 0.4) is 0 Å². The van der Waals surface area contributed by atoms with Crippen LogP contribution in [-0.4, -0.2) is 27.0 Å². The summed E-state index contributed by atoms with van der Waals surface area (Å²) in [4.78, 5) is 17.8. The highest BCUT2D eigenvalue weighted by atomic mass is 32.1. The van der Waals surface area contributed by atoms with Gasteiger partial charge >= 0.3 is 0 Å². The molecule has 4 rings (SSSR count). The van der Waals surface area contributed by atoms with Crippen LogP contribution in [-0.2, 0) is 17.9 Å². The maximum Gasteiger partial charge on any atom is 0.221 e. The Morgan fingerprint density at radius 3 is 3.16 bits per heavy atom. The molecule has 6 nitrogen and oxygen atoms in total. The lowest BCUT2D eigenvalue weighted by atomic mass is 9.90. The van der Waals surface area contributed by atoms with Crippen LogP contribution < -0.4 is 10.1 Å². The van der Waals surface area contributed by atoms with E-state index in [0.29, 0.717) is 25.3 Å². The molecule has 0 spiro atoms. The van der Waals surface area contributed by atoms with Gasteiger partial charge in [-0.25, -0.2) is 4.98 Å². The minimum absolute atomic E-state index is 0.00594. The van der Waals surface area contributed by atoms with Crippen molar-refractivity contribution >= 4 is 22.2 Å². The summed E-state index contributed by atoms with van der Waals surface area (Å²) in [5.41, 5.74) is 3.67. The second-order valence-electron chi connectivity index (χ2n) is 5.99. The molecular formula is C18H19N3O3S. The first-order valence-corrected chi connectivity index (χ1v) is 9.16. The Hall–Kier alpha value is -2.38. The van der Waals surface area contributed by atoms with E-state index in [1.54, 1.807) is 11.3 Å². The maximum atomic E-state index is 12.2. The summed E-state index contributed by atoms with van der Waals surface area (Å²) >= 11 is 1.58. The molecule has 1 aliphatic heterocycles. The smallest absolute Gasteiger partial charge is 0.221 e. The van der Waals surface area contributed by atoms with E-state index >= 15 is 0 Å². The van der Waals surface area contributed by atoms with Crippen molar-refractivity contribution < 1.29 is 14.6 Å². The zero-order chi connectivity index (χ0) is 17.4. The number of fused-ring (bicyclic) bond motifs is 3. The summed E-state index contributed by atoms with van der Waals surface area (Å²) in [6, 6.07) is 5.78. The molecule has 0 unspecified atom stereocenters. The second kappa shape index (κ2) is 6.50. The van der Waals surface area contributed by atoms with Crippen LogP contribution in [0.15, 0.2) is 29.8 Å². The predicted octanol–water partition coefficient (Wildman–Crippen LogP) is 2.44. The van der Waals surface area contributed by atoms with Crippen LogP contribution in [0.1, 0.15) is 41.8 Å². The predicted molar refractivity (Wildman–Crippen MR) is 94.9 cm³/mol. The van der Waals surface area contributed by atoms with Gasteiger partial charge in [-0.15, -0.1) is 11.3 Å². The summed E-state index contributed by atoms with van der Waals surface area (Å²) in [5, 5.41) is 14.6. The molecule has 0 fully saturated rings.